The molecule has 1 heterocycles. The van der Waals surface area contributed by atoms with Crippen molar-refractivity contribution in [2.45, 2.75) is 25.3 Å². The fourth-order valence-corrected chi connectivity index (χ4v) is 1.43. The van der Waals surface area contributed by atoms with E-state index < -0.39 is 0 Å². The third-order valence-electron chi connectivity index (χ3n) is 2.48. The van der Waals surface area contributed by atoms with Crippen LogP contribution in [0.5, 0.6) is 0 Å². The van der Waals surface area contributed by atoms with E-state index in [4.69, 9.17) is 11.0 Å². The Bertz CT molecular complexity index is 376. The van der Waals surface area contributed by atoms with Gasteiger partial charge in [-0.1, -0.05) is 0 Å². The van der Waals surface area contributed by atoms with Gasteiger partial charge in [-0.05, 0) is 25.3 Å². The minimum atomic E-state index is 0.484. The third-order valence-corrected chi connectivity index (χ3v) is 2.48. The Morgan fingerprint density at radius 1 is 1.57 bits per heavy atom. The number of nitriles is 1. The standard InChI is InChI=1S/C10H12N4/c11-5-7-4-8(12)6-13-10(7)14-9-2-1-3-9/h4,6,9H,1-3,12H2,(H,13,14). The smallest absolute Gasteiger partial charge is 0.144 e. The van der Waals surface area contributed by atoms with Gasteiger partial charge in [-0.2, -0.15) is 5.26 Å². The molecular formula is C10H12N4. The van der Waals surface area contributed by atoms with Crippen molar-refractivity contribution in [3.05, 3.63) is 17.8 Å². The molecule has 1 aliphatic rings. The molecule has 0 bridgehead atoms. The van der Waals surface area contributed by atoms with Crippen LogP contribution in [0.2, 0.25) is 0 Å². The topological polar surface area (TPSA) is 74.7 Å². The fraction of sp³-hybridized carbons (Fsp3) is 0.400. The van der Waals surface area contributed by atoms with Gasteiger partial charge >= 0.3 is 0 Å². The summed E-state index contributed by atoms with van der Waals surface area (Å²) in [6.45, 7) is 0. The van der Waals surface area contributed by atoms with Gasteiger partial charge in [0.2, 0.25) is 0 Å². The summed E-state index contributed by atoms with van der Waals surface area (Å²) in [6.07, 6.45) is 5.16. The lowest BCUT2D eigenvalue weighted by Gasteiger charge is -2.27. The average molecular weight is 188 g/mol. The molecule has 0 radical (unpaired) electrons. The number of rotatable bonds is 2. The number of pyridine rings is 1. The number of nitrogens with zero attached hydrogens (tertiary/aromatic N) is 2. The quantitative estimate of drug-likeness (QED) is 0.737. The first-order chi connectivity index (χ1) is 6.79. The molecule has 0 atom stereocenters. The number of hydrogen-bond donors (Lipinski definition) is 2. The molecule has 4 nitrogen and oxygen atoms in total. The summed E-state index contributed by atoms with van der Waals surface area (Å²) >= 11 is 0. The van der Waals surface area contributed by atoms with Gasteiger partial charge in [-0.15, -0.1) is 0 Å². The molecule has 14 heavy (non-hydrogen) atoms. The zero-order valence-corrected chi connectivity index (χ0v) is 7.83. The van der Waals surface area contributed by atoms with Crippen LogP contribution in [0.25, 0.3) is 0 Å². The maximum absolute atomic E-state index is 8.86. The van der Waals surface area contributed by atoms with Gasteiger partial charge in [0.15, 0.2) is 0 Å². The highest BCUT2D eigenvalue weighted by atomic mass is 15.0. The Morgan fingerprint density at radius 3 is 2.93 bits per heavy atom. The highest BCUT2D eigenvalue weighted by Gasteiger charge is 2.18. The minimum absolute atomic E-state index is 0.484. The van der Waals surface area contributed by atoms with Gasteiger partial charge in [-0.3, -0.25) is 0 Å². The van der Waals surface area contributed by atoms with E-state index in [1.807, 2.05) is 0 Å². The average Bonchev–Trinajstić information content (AvgIpc) is 2.13. The molecule has 0 aliphatic heterocycles. The van der Waals surface area contributed by atoms with Crippen LogP contribution in [-0.2, 0) is 0 Å². The molecule has 1 aromatic heterocycles. The van der Waals surface area contributed by atoms with Crippen molar-refractivity contribution in [3.63, 3.8) is 0 Å². The summed E-state index contributed by atoms with van der Waals surface area (Å²) in [5, 5.41) is 12.1. The van der Waals surface area contributed by atoms with Gasteiger partial charge in [0.05, 0.1) is 17.4 Å². The van der Waals surface area contributed by atoms with Crippen LogP contribution in [0.4, 0.5) is 11.5 Å². The summed E-state index contributed by atoms with van der Waals surface area (Å²) < 4.78 is 0. The van der Waals surface area contributed by atoms with Crippen molar-refractivity contribution in [2.75, 3.05) is 11.1 Å². The molecule has 72 valence electrons. The zero-order valence-electron chi connectivity index (χ0n) is 7.83. The monoisotopic (exact) mass is 188 g/mol. The molecule has 1 fully saturated rings. The Labute approximate surface area is 82.8 Å². The largest absolute Gasteiger partial charge is 0.397 e. The first kappa shape index (κ1) is 8.82. The molecule has 1 aromatic rings. The highest BCUT2D eigenvalue weighted by Crippen LogP contribution is 2.24. The molecule has 0 aromatic carbocycles. The van der Waals surface area contributed by atoms with Gasteiger partial charge in [0, 0.05) is 6.04 Å². The van der Waals surface area contributed by atoms with Gasteiger partial charge < -0.3 is 11.1 Å². The van der Waals surface area contributed by atoms with Crippen molar-refractivity contribution >= 4 is 11.5 Å². The first-order valence-corrected chi connectivity index (χ1v) is 4.72. The second kappa shape index (κ2) is 3.54. The predicted octanol–water partition coefficient (Wildman–Crippen LogP) is 1.50. The van der Waals surface area contributed by atoms with E-state index in [0.717, 1.165) is 12.8 Å². The summed E-state index contributed by atoms with van der Waals surface area (Å²) in [7, 11) is 0. The van der Waals surface area contributed by atoms with Crippen LogP contribution in [0, 0.1) is 11.3 Å². The van der Waals surface area contributed by atoms with Gasteiger partial charge in [-0.25, -0.2) is 4.98 Å². The second-order valence-electron chi connectivity index (χ2n) is 3.55. The molecule has 1 aliphatic carbocycles. The SMILES string of the molecule is N#Cc1cc(N)cnc1NC1CCC1. The number of hydrogen-bond acceptors (Lipinski definition) is 4. The van der Waals surface area contributed by atoms with E-state index >= 15 is 0 Å². The summed E-state index contributed by atoms with van der Waals surface area (Å²) in [5.74, 6) is 0.659. The number of nitrogens with two attached hydrogens (primary N) is 1. The van der Waals surface area contributed by atoms with Crippen molar-refractivity contribution in [1.82, 2.24) is 4.98 Å². The lowest BCUT2D eigenvalue weighted by molar-refractivity contribution is 0.444. The summed E-state index contributed by atoms with van der Waals surface area (Å²) in [6, 6.07) is 4.22. The maximum atomic E-state index is 8.86. The second-order valence-corrected chi connectivity index (χ2v) is 3.55. The Morgan fingerprint density at radius 2 is 2.36 bits per heavy atom. The first-order valence-electron chi connectivity index (χ1n) is 4.72. The number of nitrogen functional groups attached to an aromatic ring is 1. The van der Waals surface area contributed by atoms with Crippen LogP contribution in [0.15, 0.2) is 12.3 Å². The third kappa shape index (κ3) is 1.62. The zero-order chi connectivity index (χ0) is 9.97. The lowest BCUT2D eigenvalue weighted by Crippen LogP contribution is -2.27. The number of nitrogens with one attached hydrogen (secondary N) is 1. The van der Waals surface area contributed by atoms with Crippen molar-refractivity contribution < 1.29 is 0 Å². The van der Waals surface area contributed by atoms with Crippen molar-refractivity contribution in [1.29, 1.82) is 5.26 Å². The Kier molecular flexibility index (Phi) is 2.23. The number of aromatic nitrogens is 1. The molecule has 3 N–H and O–H groups in total. The van der Waals surface area contributed by atoms with Crippen LogP contribution >= 0.6 is 0 Å². The van der Waals surface area contributed by atoms with E-state index in [-0.39, 0.29) is 0 Å². The Hall–Kier alpha value is -1.76. The van der Waals surface area contributed by atoms with E-state index in [1.54, 1.807) is 12.3 Å². The molecule has 0 amide bonds. The Balaban J connectivity index is 2.19. The minimum Gasteiger partial charge on any atom is -0.397 e. The van der Waals surface area contributed by atoms with Gasteiger partial charge in [0.1, 0.15) is 11.9 Å². The van der Waals surface area contributed by atoms with E-state index in [0.29, 0.717) is 23.1 Å². The van der Waals surface area contributed by atoms with E-state index in [1.165, 1.54) is 6.42 Å². The van der Waals surface area contributed by atoms with Crippen LogP contribution in [0.1, 0.15) is 24.8 Å². The highest BCUT2D eigenvalue weighted by molar-refractivity contribution is 5.57. The molecular weight excluding hydrogens is 176 g/mol. The van der Waals surface area contributed by atoms with Crippen LogP contribution < -0.4 is 11.1 Å². The van der Waals surface area contributed by atoms with Crippen molar-refractivity contribution in [3.8, 4) is 6.07 Å². The van der Waals surface area contributed by atoms with Crippen LogP contribution in [0.3, 0.4) is 0 Å². The molecule has 4 heteroatoms. The predicted molar refractivity (Wildman–Crippen MR) is 54.6 cm³/mol. The lowest BCUT2D eigenvalue weighted by atomic mass is 9.93. The summed E-state index contributed by atoms with van der Waals surface area (Å²) in [5.41, 5.74) is 6.59. The van der Waals surface area contributed by atoms with E-state index in [2.05, 4.69) is 16.4 Å². The number of anilines is 2. The van der Waals surface area contributed by atoms with Crippen LogP contribution in [-0.4, -0.2) is 11.0 Å². The fourth-order valence-electron chi connectivity index (χ4n) is 1.43. The molecule has 2 rings (SSSR count). The van der Waals surface area contributed by atoms with Gasteiger partial charge in [0.25, 0.3) is 0 Å². The van der Waals surface area contributed by atoms with E-state index in [9.17, 15) is 0 Å². The molecule has 0 unspecified atom stereocenters. The maximum Gasteiger partial charge on any atom is 0.144 e. The molecule has 0 saturated heterocycles. The molecule has 1 saturated carbocycles. The normalized spacial score (nSPS) is 15.6. The summed E-state index contributed by atoms with van der Waals surface area (Å²) in [4.78, 5) is 4.11. The van der Waals surface area contributed by atoms with Crippen molar-refractivity contribution in [2.24, 2.45) is 0 Å². The molecule has 0 spiro atoms.